The molecule has 0 saturated heterocycles. The standard InChI is InChI=1S/C14H12FNO2.ClH/c1-18-14(17)11-5-10(6-12(15)7-11)9-3-2-4-13(16)8-9;/h2-8H,16H2,1H3;1H. The second-order valence-corrected chi connectivity index (χ2v) is 3.85. The van der Waals surface area contributed by atoms with Crippen LogP contribution in [-0.4, -0.2) is 13.1 Å². The first-order valence-corrected chi connectivity index (χ1v) is 5.35. The maximum Gasteiger partial charge on any atom is 0.337 e. The number of nitrogens with two attached hydrogens (primary N) is 1. The van der Waals surface area contributed by atoms with Crippen LogP contribution in [0.25, 0.3) is 11.1 Å². The number of anilines is 1. The Kier molecular flexibility index (Phi) is 4.89. The third-order valence-electron chi connectivity index (χ3n) is 2.54. The predicted molar refractivity (Wildman–Crippen MR) is 74.8 cm³/mol. The molecular weight excluding hydrogens is 269 g/mol. The zero-order valence-electron chi connectivity index (χ0n) is 10.2. The minimum absolute atomic E-state index is 0. The average molecular weight is 282 g/mol. The van der Waals surface area contributed by atoms with Gasteiger partial charge in [-0.3, -0.25) is 0 Å². The van der Waals surface area contributed by atoms with E-state index in [1.54, 1.807) is 30.3 Å². The molecule has 0 unspecified atom stereocenters. The van der Waals surface area contributed by atoms with E-state index in [0.29, 0.717) is 11.3 Å². The minimum atomic E-state index is -0.570. The molecule has 0 amide bonds. The Hall–Kier alpha value is -2.07. The summed E-state index contributed by atoms with van der Waals surface area (Å²) < 4.78 is 18.0. The molecule has 19 heavy (non-hydrogen) atoms. The molecule has 0 spiro atoms. The van der Waals surface area contributed by atoms with Crippen molar-refractivity contribution in [3.8, 4) is 11.1 Å². The number of nitrogen functional groups attached to an aromatic ring is 1. The van der Waals surface area contributed by atoms with Gasteiger partial charge in [0.2, 0.25) is 0 Å². The van der Waals surface area contributed by atoms with Gasteiger partial charge in [0.05, 0.1) is 12.7 Å². The van der Waals surface area contributed by atoms with Crippen molar-refractivity contribution in [2.75, 3.05) is 12.8 Å². The lowest BCUT2D eigenvalue weighted by Gasteiger charge is -2.06. The number of carbonyl (C=O) groups is 1. The predicted octanol–water partition coefficient (Wildman–Crippen LogP) is 3.28. The molecule has 3 nitrogen and oxygen atoms in total. The highest BCUT2D eigenvalue weighted by Gasteiger charge is 2.10. The molecule has 2 aromatic rings. The van der Waals surface area contributed by atoms with Gasteiger partial charge in [0.1, 0.15) is 5.82 Å². The maximum absolute atomic E-state index is 13.5. The Bertz CT molecular complexity index is 602. The third-order valence-corrected chi connectivity index (χ3v) is 2.54. The minimum Gasteiger partial charge on any atom is -0.465 e. The normalized spacial score (nSPS) is 9.58. The Morgan fingerprint density at radius 3 is 2.53 bits per heavy atom. The number of halogens is 2. The summed E-state index contributed by atoms with van der Waals surface area (Å²) in [7, 11) is 1.26. The fourth-order valence-electron chi connectivity index (χ4n) is 1.71. The smallest absolute Gasteiger partial charge is 0.337 e. The molecule has 0 heterocycles. The molecule has 0 aliphatic rings. The van der Waals surface area contributed by atoms with Gasteiger partial charge in [-0.1, -0.05) is 12.1 Å². The SMILES string of the molecule is COC(=O)c1cc(F)cc(-c2cccc(N)c2)c1.Cl. The molecule has 0 aromatic heterocycles. The van der Waals surface area contributed by atoms with Crippen LogP contribution in [0.3, 0.4) is 0 Å². The van der Waals surface area contributed by atoms with Gasteiger partial charge in [-0.25, -0.2) is 9.18 Å². The first-order chi connectivity index (χ1) is 8.60. The van der Waals surface area contributed by atoms with Crippen molar-refractivity contribution < 1.29 is 13.9 Å². The van der Waals surface area contributed by atoms with Gasteiger partial charge in [0, 0.05) is 5.69 Å². The van der Waals surface area contributed by atoms with E-state index in [-0.39, 0.29) is 18.0 Å². The number of esters is 1. The Balaban J connectivity index is 0.00000180. The fraction of sp³-hybridized carbons (Fsp3) is 0.0714. The van der Waals surface area contributed by atoms with Gasteiger partial charge < -0.3 is 10.5 Å². The lowest BCUT2D eigenvalue weighted by molar-refractivity contribution is 0.0600. The molecular formula is C14H13ClFNO2. The summed E-state index contributed by atoms with van der Waals surface area (Å²) in [5.74, 6) is -1.06. The van der Waals surface area contributed by atoms with Crippen molar-refractivity contribution in [1.82, 2.24) is 0 Å². The molecule has 2 N–H and O–H groups in total. The van der Waals surface area contributed by atoms with E-state index in [1.807, 2.05) is 0 Å². The molecule has 2 rings (SSSR count). The molecule has 0 radical (unpaired) electrons. The number of methoxy groups -OCH3 is 1. The van der Waals surface area contributed by atoms with Crippen LogP contribution >= 0.6 is 12.4 Å². The number of hydrogen-bond acceptors (Lipinski definition) is 3. The largest absolute Gasteiger partial charge is 0.465 e. The van der Waals surface area contributed by atoms with Crippen LogP contribution in [0.5, 0.6) is 0 Å². The van der Waals surface area contributed by atoms with Gasteiger partial charge in [-0.05, 0) is 41.5 Å². The summed E-state index contributed by atoms with van der Waals surface area (Å²) in [6.45, 7) is 0. The van der Waals surface area contributed by atoms with Crippen molar-refractivity contribution in [2.24, 2.45) is 0 Å². The Labute approximate surface area is 116 Å². The highest BCUT2D eigenvalue weighted by atomic mass is 35.5. The van der Waals surface area contributed by atoms with E-state index in [4.69, 9.17) is 5.73 Å². The van der Waals surface area contributed by atoms with E-state index < -0.39 is 11.8 Å². The summed E-state index contributed by atoms with van der Waals surface area (Å²) in [6, 6.07) is 11.1. The van der Waals surface area contributed by atoms with E-state index >= 15 is 0 Å². The van der Waals surface area contributed by atoms with Crippen molar-refractivity contribution in [3.63, 3.8) is 0 Å². The van der Waals surface area contributed by atoms with Crippen LogP contribution in [0.2, 0.25) is 0 Å². The summed E-state index contributed by atoms with van der Waals surface area (Å²) in [6.07, 6.45) is 0. The molecule has 0 saturated carbocycles. The number of carbonyl (C=O) groups excluding carboxylic acids is 1. The van der Waals surface area contributed by atoms with Crippen molar-refractivity contribution >= 4 is 24.1 Å². The fourth-order valence-corrected chi connectivity index (χ4v) is 1.71. The van der Waals surface area contributed by atoms with Crippen LogP contribution in [0.4, 0.5) is 10.1 Å². The van der Waals surface area contributed by atoms with E-state index in [9.17, 15) is 9.18 Å². The molecule has 2 aromatic carbocycles. The monoisotopic (exact) mass is 281 g/mol. The van der Waals surface area contributed by atoms with Crippen LogP contribution in [0.15, 0.2) is 42.5 Å². The first-order valence-electron chi connectivity index (χ1n) is 5.35. The van der Waals surface area contributed by atoms with Gasteiger partial charge in [-0.15, -0.1) is 12.4 Å². The molecule has 0 atom stereocenters. The van der Waals surface area contributed by atoms with Crippen LogP contribution in [0.1, 0.15) is 10.4 Å². The van der Waals surface area contributed by atoms with E-state index in [1.165, 1.54) is 13.2 Å². The molecule has 5 heteroatoms. The third kappa shape index (κ3) is 3.45. The summed E-state index contributed by atoms with van der Waals surface area (Å²) in [5.41, 5.74) is 7.76. The molecule has 0 aliphatic carbocycles. The lowest BCUT2D eigenvalue weighted by Crippen LogP contribution is -2.02. The van der Waals surface area contributed by atoms with Gasteiger partial charge >= 0.3 is 5.97 Å². The van der Waals surface area contributed by atoms with Crippen molar-refractivity contribution in [1.29, 1.82) is 0 Å². The van der Waals surface area contributed by atoms with Gasteiger partial charge in [-0.2, -0.15) is 0 Å². The lowest BCUT2D eigenvalue weighted by atomic mass is 10.0. The zero-order chi connectivity index (χ0) is 13.1. The average Bonchev–Trinajstić information content (AvgIpc) is 2.37. The second-order valence-electron chi connectivity index (χ2n) is 3.85. The summed E-state index contributed by atoms with van der Waals surface area (Å²) >= 11 is 0. The molecule has 0 aliphatic heterocycles. The zero-order valence-corrected chi connectivity index (χ0v) is 11.0. The number of rotatable bonds is 2. The highest BCUT2D eigenvalue weighted by Crippen LogP contribution is 2.24. The van der Waals surface area contributed by atoms with Gasteiger partial charge in [0.25, 0.3) is 0 Å². The molecule has 100 valence electrons. The second kappa shape index (κ2) is 6.20. The van der Waals surface area contributed by atoms with Crippen LogP contribution in [-0.2, 0) is 4.74 Å². The highest BCUT2D eigenvalue weighted by molar-refractivity contribution is 5.91. The molecule has 0 fully saturated rings. The topological polar surface area (TPSA) is 52.3 Å². The molecule has 0 bridgehead atoms. The number of benzene rings is 2. The summed E-state index contributed by atoms with van der Waals surface area (Å²) in [5, 5.41) is 0. The van der Waals surface area contributed by atoms with E-state index in [2.05, 4.69) is 4.74 Å². The van der Waals surface area contributed by atoms with Crippen LogP contribution in [0, 0.1) is 5.82 Å². The Morgan fingerprint density at radius 2 is 1.89 bits per heavy atom. The van der Waals surface area contributed by atoms with Crippen molar-refractivity contribution in [2.45, 2.75) is 0 Å². The Morgan fingerprint density at radius 1 is 1.16 bits per heavy atom. The van der Waals surface area contributed by atoms with Crippen LogP contribution < -0.4 is 5.73 Å². The van der Waals surface area contributed by atoms with E-state index in [0.717, 1.165) is 11.6 Å². The summed E-state index contributed by atoms with van der Waals surface area (Å²) in [4.78, 5) is 11.4. The first kappa shape index (κ1) is 15.0. The van der Waals surface area contributed by atoms with Gasteiger partial charge in [0.15, 0.2) is 0 Å². The van der Waals surface area contributed by atoms with Crippen molar-refractivity contribution in [3.05, 3.63) is 53.8 Å². The number of hydrogen-bond donors (Lipinski definition) is 1. The number of ether oxygens (including phenoxy) is 1. The quantitative estimate of drug-likeness (QED) is 0.679. The maximum atomic E-state index is 13.5.